The summed E-state index contributed by atoms with van der Waals surface area (Å²) >= 11 is 0. The first-order valence-electron chi connectivity index (χ1n) is 8.64. The molecule has 3 unspecified atom stereocenters. The molecule has 2 aliphatic rings. The van der Waals surface area contributed by atoms with Crippen LogP contribution in [-0.4, -0.2) is 55.0 Å². The van der Waals surface area contributed by atoms with E-state index in [-0.39, 0.29) is 6.09 Å². The molecule has 1 aliphatic heterocycles. The van der Waals surface area contributed by atoms with Crippen molar-refractivity contribution in [3.63, 3.8) is 0 Å². The van der Waals surface area contributed by atoms with E-state index < -0.39 is 5.60 Å². The minimum Gasteiger partial charge on any atom is -0.444 e. The Morgan fingerprint density at radius 3 is 2.55 bits per heavy atom. The lowest BCUT2D eigenvalue weighted by molar-refractivity contribution is 0.0165. The first-order valence-corrected chi connectivity index (χ1v) is 8.64. The van der Waals surface area contributed by atoms with Gasteiger partial charge < -0.3 is 19.7 Å². The molecule has 1 saturated heterocycles. The average Bonchev–Trinajstić information content (AvgIpc) is 2.46. The quantitative estimate of drug-likeness (QED) is 0.870. The summed E-state index contributed by atoms with van der Waals surface area (Å²) in [6.07, 6.45) is 7.06. The summed E-state index contributed by atoms with van der Waals surface area (Å²) in [6.45, 7) is 7.30. The Morgan fingerprint density at radius 2 is 1.86 bits per heavy atom. The number of carbonyl (C=O) groups excluding carboxylic acids is 1. The molecule has 1 amide bonds. The number of hydrogen-bond acceptors (Lipinski definition) is 4. The molecule has 0 radical (unpaired) electrons. The highest BCUT2D eigenvalue weighted by atomic mass is 16.6. The van der Waals surface area contributed by atoms with Crippen LogP contribution in [-0.2, 0) is 9.47 Å². The van der Waals surface area contributed by atoms with Gasteiger partial charge in [-0.1, -0.05) is 0 Å². The third kappa shape index (κ3) is 5.43. The SMILES string of the molecule is COC1CCCC(NC2CCCN(C(=O)OC(C)(C)C)C2)C1. The molecule has 1 saturated carbocycles. The zero-order chi connectivity index (χ0) is 16.2. The summed E-state index contributed by atoms with van der Waals surface area (Å²) in [4.78, 5) is 14.1. The number of likely N-dealkylation sites (tertiary alicyclic amines) is 1. The Labute approximate surface area is 134 Å². The van der Waals surface area contributed by atoms with E-state index in [0.717, 1.165) is 32.4 Å². The lowest BCUT2D eigenvalue weighted by Gasteiger charge is -2.38. The monoisotopic (exact) mass is 312 g/mol. The molecule has 5 nitrogen and oxygen atoms in total. The van der Waals surface area contributed by atoms with Crippen LogP contribution in [0, 0.1) is 0 Å². The Bertz CT molecular complexity index is 367. The second-order valence-corrected chi connectivity index (χ2v) is 7.65. The predicted molar refractivity (Wildman–Crippen MR) is 87.0 cm³/mol. The first kappa shape index (κ1) is 17.5. The highest BCUT2D eigenvalue weighted by Crippen LogP contribution is 2.23. The fourth-order valence-corrected chi connectivity index (χ4v) is 3.45. The molecule has 3 atom stereocenters. The summed E-state index contributed by atoms with van der Waals surface area (Å²) < 4.78 is 11.0. The van der Waals surface area contributed by atoms with Crippen LogP contribution in [0.2, 0.25) is 0 Å². The molecule has 0 aromatic heterocycles. The van der Waals surface area contributed by atoms with Gasteiger partial charge in [-0.2, -0.15) is 0 Å². The van der Waals surface area contributed by atoms with Gasteiger partial charge in [0.25, 0.3) is 0 Å². The molecule has 22 heavy (non-hydrogen) atoms. The maximum atomic E-state index is 12.2. The van der Waals surface area contributed by atoms with Gasteiger partial charge in [-0.05, 0) is 59.3 Å². The summed E-state index contributed by atoms with van der Waals surface area (Å²) in [6, 6.07) is 0.893. The lowest BCUT2D eigenvalue weighted by Crippen LogP contribution is -2.52. The van der Waals surface area contributed by atoms with Crippen LogP contribution in [0.1, 0.15) is 59.3 Å². The number of ether oxygens (including phenoxy) is 2. The summed E-state index contributed by atoms with van der Waals surface area (Å²) in [7, 11) is 1.80. The van der Waals surface area contributed by atoms with E-state index in [1.807, 2.05) is 25.7 Å². The molecule has 2 fully saturated rings. The number of piperidine rings is 1. The molecule has 0 bridgehead atoms. The minimum atomic E-state index is -0.424. The van der Waals surface area contributed by atoms with Crippen molar-refractivity contribution >= 4 is 6.09 Å². The van der Waals surface area contributed by atoms with Gasteiger partial charge in [-0.3, -0.25) is 0 Å². The number of nitrogens with zero attached hydrogens (tertiary/aromatic N) is 1. The van der Waals surface area contributed by atoms with Gasteiger partial charge in [0.15, 0.2) is 0 Å². The fraction of sp³-hybridized carbons (Fsp3) is 0.941. The molecule has 128 valence electrons. The van der Waals surface area contributed by atoms with Crippen molar-refractivity contribution in [2.75, 3.05) is 20.2 Å². The zero-order valence-electron chi connectivity index (χ0n) is 14.6. The first-order chi connectivity index (χ1) is 10.4. The molecule has 0 aromatic rings. The molecular formula is C17H32N2O3. The lowest BCUT2D eigenvalue weighted by atomic mass is 9.91. The maximum Gasteiger partial charge on any atom is 0.410 e. The summed E-state index contributed by atoms with van der Waals surface area (Å²) in [5.74, 6) is 0. The van der Waals surface area contributed by atoms with Gasteiger partial charge in [0.1, 0.15) is 5.60 Å². The molecular weight excluding hydrogens is 280 g/mol. The topological polar surface area (TPSA) is 50.8 Å². The van der Waals surface area contributed by atoms with Crippen LogP contribution in [0.25, 0.3) is 0 Å². The Kier molecular flexibility index (Phi) is 6.09. The minimum absolute atomic E-state index is 0.183. The van der Waals surface area contributed by atoms with E-state index in [0.29, 0.717) is 18.2 Å². The molecule has 0 aromatic carbocycles. The second kappa shape index (κ2) is 7.64. The van der Waals surface area contributed by atoms with E-state index in [4.69, 9.17) is 9.47 Å². The van der Waals surface area contributed by atoms with Crippen molar-refractivity contribution in [3.8, 4) is 0 Å². The van der Waals surface area contributed by atoms with E-state index in [1.54, 1.807) is 7.11 Å². The van der Waals surface area contributed by atoms with Gasteiger partial charge in [0.05, 0.1) is 6.10 Å². The van der Waals surface area contributed by atoms with Crippen molar-refractivity contribution in [1.29, 1.82) is 0 Å². The fourth-order valence-electron chi connectivity index (χ4n) is 3.45. The van der Waals surface area contributed by atoms with Crippen molar-refractivity contribution in [3.05, 3.63) is 0 Å². The van der Waals surface area contributed by atoms with Crippen molar-refractivity contribution in [2.45, 2.75) is 83.1 Å². The molecule has 0 spiro atoms. The molecule has 2 rings (SSSR count). The number of hydrogen-bond donors (Lipinski definition) is 1. The van der Waals surface area contributed by atoms with Gasteiger partial charge in [-0.25, -0.2) is 4.79 Å². The standard InChI is InChI=1S/C17H32N2O3/c1-17(2,3)22-16(20)19-10-6-8-14(12-19)18-13-7-5-9-15(11-13)21-4/h13-15,18H,5-12H2,1-4H3. The van der Waals surface area contributed by atoms with Crippen LogP contribution in [0.15, 0.2) is 0 Å². The number of rotatable bonds is 3. The van der Waals surface area contributed by atoms with Crippen LogP contribution >= 0.6 is 0 Å². The number of methoxy groups -OCH3 is 1. The highest BCUT2D eigenvalue weighted by molar-refractivity contribution is 5.68. The third-order valence-corrected chi connectivity index (χ3v) is 4.50. The van der Waals surface area contributed by atoms with Crippen LogP contribution in [0.4, 0.5) is 4.79 Å². The average molecular weight is 312 g/mol. The molecule has 5 heteroatoms. The van der Waals surface area contributed by atoms with Crippen LogP contribution in [0.3, 0.4) is 0 Å². The number of carbonyl (C=O) groups is 1. The summed E-state index contributed by atoms with van der Waals surface area (Å²) in [5.41, 5.74) is -0.424. The van der Waals surface area contributed by atoms with Gasteiger partial charge in [-0.15, -0.1) is 0 Å². The number of amides is 1. The third-order valence-electron chi connectivity index (χ3n) is 4.50. The van der Waals surface area contributed by atoms with Crippen LogP contribution in [0.5, 0.6) is 0 Å². The molecule has 1 N–H and O–H groups in total. The Balaban J connectivity index is 1.81. The molecule has 1 heterocycles. The van der Waals surface area contributed by atoms with E-state index in [9.17, 15) is 4.79 Å². The van der Waals surface area contributed by atoms with Crippen molar-refractivity contribution in [2.24, 2.45) is 0 Å². The van der Waals surface area contributed by atoms with E-state index in [2.05, 4.69) is 5.32 Å². The van der Waals surface area contributed by atoms with Crippen molar-refractivity contribution < 1.29 is 14.3 Å². The summed E-state index contributed by atoms with van der Waals surface area (Å²) in [5, 5.41) is 3.74. The highest BCUT2D eigenvalue weighted by Gasteiger charge is 2.30. The smallest absolute Gasteiger partial charge is 0.410 e. The van der Waals surface area contributed by atoms with Gasteiger partial charge >= 0.3 is 6.09 Å². The normalized spacial score (nSPS) is 30.2. The van der Waals surface area contributed by atoms with E-state index in [1.165, 1.54) is 19.3 Å². The van der Waals surface area contributed by atoms with Gasteiger partial charge in [0.2, 0.25) is 0 Å². The largest absolute Gasteiger partial charge is 0.444 e. The maximum absolute atomic E-state index is 12.2. The second-order valence-electron chi connectivity index (χ2n) is 7.65. The Morgan fingerprint density at radius 1 is 1.14 bits per heavy atom. The van der Waals surface area contributed by atoms with E-state index >= 15 is 0 Å². The molecule has 1 aliphatic carbocycles. The van der Waals surface area contributed by atoms with Crippen molar-refractivity contribution in [1.82, 2.24) is 10.2 Å². The zero-order valence-corrected chi connectivity index (χ0v) is 14.6. The van der Waals surface area contributed by atoms with Gasteiger partial charge in [0, 0.05) is 32.3 Å². The predicted octanol–water partition coefficient (Wildman–Crippen LogP) is 2.93. The number of nitrogens with one attached hydrogen (secondary N) is 1. The van der Waals surface area contributed by atoms with Crippen LogP contribution < -0.4 is 5.32 Å². The Hall–Kier alpha value is -0.810.